The highest BCUT2D eigenvalue weighted by Gasteiger charge is 2.06. The minimum absolute atomic E-state index is 0.374. The largest absolute Gasteiger partial charge is 0.497 e. The third kappa shape index (κ3) is 5.39. The van der Waals surface area contributed by atoms with E-state index in [-0.39, 0.29) is 0 Å². The molecule has 0 aliphatic rings. The maximum atomic E-state index is 5.44. The van der Waals surface area contributed by atoms with Crippen LogP contribution in [-0.4, -0.2) is 18.1 Å². The fourth-order valence-electron chi connectivity index (χ4n) is 2.46. The van der Waals surface area contributed by atoms with Gasteiger partial charge in [-0.05, 0) is 55.5 Å². The zero-order valence-electron chi connectivity index (χ0n) is 15.3. The van der Waals surface area contributed by atoms with E-state index in [0.717, 1.165) is 22.7 Å². The van der Waals surface area contributed by atoms with Crippen LogP contribution in [0.2, 0.25) is 0 Å². The fourth-order valence-corrected chi connectivity index (χ4v) is 2.67. The van der Waals surface area contributed by atoms with Crippen molar-refractivity contribution in [2.45, 2.75) is 6.92 Å². The molecule has 2 N–H and O–H groups in total. The molecule has 136 valence electrons. The van der Waals surface area contributed by atoms with E-state index < -0.39 is 0 Å². The average Bonchev–Trinajstić information content (AvgIpc) is 2.70. The number of methoxy groups -OCH3 is 1. The molecule has 3 aromatic carbocycles. The van der Waals surface area contributed by atoms with Crippen molar-refractivity contribution in [1.29, 1.82) is 0 Å². The molecule has 5 heteroatoms. The van der Waals surface area contributed by atoms with Crippen molar-refractivity contribution in [3.8, 4) is 5.75 Å². The van der Waals surface area contributed by atoms with Gasteiger partial charge in [0.05, 0.1) is 7.11 Å². The molecule has 0 atom stereocenters. The third-order valence-corrected chi connectivity index (χ3v) is 4.11. The van der Waals surface area contributed by atoms with Crippen molar-refractivity contribution in [2.75, 3.05) is 17.7 Å². The Hall–Kier alpha value is -3.18. The van der Waals surface area contributed by atoms with Gasteiger partial charge in [-0.3, -0.25) is 0 Å². The van der Waals surface area contributed by atoms with Crippen molar-refractivity contribution in [2.24, 2.45) is 4.99 Å². The van der Waals surface area contributed by atoms with Gasteiger partial charge in [0.25, 0.3) is 0 Å². The molecule has 0 amide bonds. The summed E-state index contributed by atoms with van der Waals surface area (Å²) in [4.78, 5) is 4.60. The fraction of sp³-hybridized carbons (Fsp3) is 0.0909. The number of nitrogens with one attached hydrogen (secondary N) is 2. The summed E-state index contributed by atoms with van der Waals surface area (Å²) in [5.41, 5.74) is 3.97. The van der Waals surface area contributed by atoms with Gasteiger partial charge in [-0.2, -0.15) is 0 Å². The monoisotopic (exact) mass is 375 g/mol. The summed E-state index contributed by atoms with van der Waals surface area (Å²) in [5.74, 6) is 1.48. The smallest absolute Gasteiger partial charge is 0.199 e. The number of hydrogen-bond donors (Lipinski definition) is 2. The van der Waals surface area contributed by atoms with Crippen LogP contribution >= 0.6 is 12.2 Å². The van der Waals surface area contributed by atoms with Crippen LogP contribution in [0.5, 0.6) is 5.75 Å². The number of aryl methyl sites for hydroxylation is 1. The lowest BCUT2D eigenvalue weighted by Gasteiger charge is -2.12. The van der Waals surface area contributed by atoms with Crippen LogP contribution in [0.1, 0.15) is 11.1 Å². The lowest BCUT2D eigenvalue weighted by atomic mass is 10.2. The molecular weight excluding hydrogens is 354 g/mol. The predicted octanol–water partition coefficient (Wildman–Crippen LogP) is 5.26. The van der Waals surface area contributed by atoms with Gasteiger partial charge in [0.1, 0.15) is 11.6 Å². The molecule has 0 radical (unpaired) electrons. The zero-order chi connectivity index (χ0) is 19.1. The Kier molecular flexibility index (Phi) is 6.18. The summed E-state index contributed by atoms with van der Waals surface area (Å²) < 4.78 is 5.17. The van der Waals surface area contributed by atoms with Crippen LogP contribution in [0, 0.1) is 6.92 Å². The van der Waals surface area contributed by atoms with Gasteiger partial charge >= 0.3 is 0 Å². The number of hydrogen-bond acceptors (Lipinski definition) is 2. The van der Waals surface area contributed by atoms with Gasteiger partial charge in [0.15, 0.2) is 5.11 Å². The van der Waals surface area contributed by atoms with E-state index in [1.165, 1.54) is 5.56 Å². The van der Waals surface area contributed by atoms with E-state index in [0.29, 0.717) is 10.9 Å². The Morgan fingerprint density at radius 3 is 2.04 bits per heavy atom. The molecule has 0 spiro atoms. The molecule has 0 saturated heterocycles. The summed E-state index contributed by atoms with van der Waals surface area (Å²) in [5, 5.41) is 6.87. The van der Waals surface area contributed by atoms with Gasteiger partial charge in [0.2, 0.25) is 0 Å². The van der Waals surface area contributed by atoms with E-state index >= 15 is 0 Å². The second-order valence-corrected chi connectivity index (χ2v) is 6.36. The van der Waals surface area contributed by atoms with Crippen LogP contribution < -0.4 is 15.4 Å². The Morgan fingerprint density at radius 1 is 0.815 bits per heavy atom. The van der Waals surface area contributed by atoms with Gasteiger partial charge in [-0.25, -0.2) is 4.99 Å². The predicted molar refractivity (Wildman–Crippen MR) is 117 cm³/mol. The van der Waals surface area contributed by atoms with E-state index in [1.807, 2.05) is 66.7 Å². The normalized spacial score (nSPS) is 11.0. The standard InChI is InChI=1S/C22H21N3OS/c1-16-8-10-18(11-9-16)23-21(17-6-4-3-5-7-17)25-22(27)24-19-12-14-20(26-2)15-13-19/h3-15H,1-2H3,(H2,23,24,25,27). The molecule has 0 aliphatic carbocycles. The lowest BCUT2D eigenvalue weighted by molar-refractivity contribution is 0.415. The van der Waals surface area contributed by atoms with Crippen molar-refractivity contribution in [1.82, 2.24) is 0 Å². The molecule has 4 nitrogen and oxygen atoms in total. The summed E-state index contributed by atoms with van der Waals surface area (Å²) >= 11 is 5.44. The maximum absolute atomic E-state index is 5.44. The summed E-state index contributed by atoms with van der Waals surface area (Å²) in [7, 11) is 1.64. The van der Waals surface area contributed by atoms with Crippen LogP contribution in [0.4, 0.5) is 11.4 Å². The minimum Gasteiger partial charge on any atom is -0.497 e. The molecule has 3 rings (SSSR count). The topological polar surface area (TPSA) is 45.6 Å². The molecule has 0 bridgehead atoms. The zero-order valence-corrected chi connectivity index (χ0v) is 16.1. The molecule has 0 aromatic heterocycles. The molecule has 0 aliphatic heterocycles. The van der Waals surface area contributed by atoms with Crippen LogP contribution in [0.15, 0.2) is 83.9 Å². The molecule has 3 aromatic rings. The maximum Gasteiger partial charge on any atom is 0.199 e. The second-order valence-electron chi connectivity index (χ2n) is 5.98. The first-order valence-electron chi connectivity index (χ1n) is 8.57. The minimum atomic E-state index is 0.374. The first kappa shape index (κ1) is 18.6. The highest BCUT2D eigenvalue weighted by Crippen LogP contribution is 2.16. The highest BCUT2D eigenvalue weighted by atomic mass is 32.1. The summed E-state index contributed by atoms with van der Waals surface area (Å²) in [6.07, 6.45) is 0. The van der Waals surface area contributed by atoms with Crippen LogP contribution in [0.25, 0.3) is 0 Å². The number of nitrogens with zero attached hydrogens (tertiary/aromatic N) is 1. The van der Waals surface area contributed by atoms with Crippen molar-refractivity contribution in [3.63, 3.8) is 0 Å². The Balaban J connectivity index is 1.82. The number of anilines is 2. The first-order valence-corrected chi connectivity index (χ1v) is 8.98. The lowest BCUT2D eigenvalue weighted by Crippen LogP contribution is -2.18. The van der Waals surface area contributed by atoms with E-state index in [4.69, 9.17) is 17.0 Å². The van der Waals surface area contributed by atoms with Crippen molar-refractivity contribution < 1.29 is 4.74 Å². The number of ether oxygens (including phenoxy) is 1. The average molecular weight is 375 g/mol. The van der Waals surface area contributed by atoms with Gasteiger partial charge in [0, 0.05) is 16.9 Å². The molecule has 0 heterocycles. The first-order chi connectivity index (χ1) is 13.1. The van der Waals surface area contributed by atoms with Crippen LogP contribution in [-0.2, 0) is 0 Å². The van der Waals surface area contributed by atoms with Gasteiger partial charge in [-0.1, -0.05) is 48.0 Å². The number of benzene rings is 3. The van der Waals surface area contributed by atoms with Crippen LogP contribution in [0.3, 0.4) is 0 Å². The summed E-state index contributed by atoms with van der Waals surface area (Å²) in [6, 6.07) is 25.6. The Morgan fingerprint density at radius 2 is 1.41 bits per heavy atom. The van der Waals surface area contributed by atoms with E-state index in [9.17, 15) is 0 Å². The van der Waals surface area contributed by atoms with E-state index in [1.54, 1.807) is 7.11 Å². The SMILES string of the molecule is COc1ccc(NC(=S)/N=C(\Nc2ccc(C)cc2)c2ccccc2)cc1. The number of rotatable bonds is 4. The van der Waals surface area contributed by atoms with Crippen molar-refractivity contribution in [3.05, 3.63) is 90.0 Å². The van der Waals surface area contributed by atoms with Gasteiger partial charge in [-0.15, -0.1) is 0 Å². The molecular formula is C22H21N3OS. The van der Waals surface area contributed by atoms with E-state index in [2.05, 4.69) is 34.7 Å². The number of aliphatic imine (C=N–C) groups is 1. The third-order valence-electron chi connectivity index (χ3n) is 3.92. The molecule has 0 unspecified atom stereocenters. The Bertz CT molecular complexity index is 920. The second kappa shape index (κ2) is 8.96. The highest BCUT2D eigenvalue weighted by molar-refractivity contribution is 7.80. The van der Waals surface area contributed by atoms with Crippen molar-refractivity contribution >= 4 is 34.5 Å². The van der Waals surface area contributed by atoms with Gasteiger partial charge < -0.3 is 15.4 Å². The molecule has 0 fully saturated rings. The quantitative estimate of drug-likeness (QED) is 0.371. The number of thiocarbonyl (C=S) groups is 1. The summed E-state index contributed by atoms with van der Waals surface area (Å²) in [6.45, 7) is 2.06. The number of amidine groups is 1. The molecule has 27 heavy (non-hydrogen) atoms. The Labute approximate surface area is 164 Å². The molecule has 0 saturated carbocycles.